The SMILES string of the molecule is CC(C)C[C@H](CN)CC(=O)NC1CCOC(C)(C)C1. The van der Waals surface area contributed by atoms with E-state index in [0.717, 1.165) is 25.9 Å². The van der Waals surface area contributed by atoms with Crippen molar-refractivity contribution in [2.24, 2.45) is 17.6 Å². The van der Waals surface area contributed by atoms with Gasteiger partial charge in [-0.1, -0.05) is 13.8 Å². The average molecular weight is 270 g/mol. The lowest BCUT2D eigenvalue weighted by Crippen LogP contribution is -2.46. The van der Waals surface area contributed by atoms with Gasteiger partial charge in [-0.25, -0.2) is 0 Å². The molecule has 0 aromatic heterocycles. The molecule has 1 amide bonds. The zero-order valence-electron chi connectivity index (χ0n) is 12.9. The maximum atomic E-state index is 12.1. The minimum Gasteiger partial charge on any atom is -0.375 e. The number of hydrogen-bond donors (Lipinski definition) is 2. The van der Waals surface area contributed by atoms with Gasteiger partial charge in [-0.15, -0.1) is 0 Å². The molecule has 1 aliphatic heterocycles. The molecule has 1 aliphatic rings. The van der Waals surface area contributed by atoms with E-state index in [0.29, 0.717) is 24.8 Å². The molecular formula is C15H30N2O2. The normalized spacial score (nSPS) is 24.2. The first-order valence-electron chi connectivity index (χ1n) is 7.46. The van der Waals surface area contributed by atoms with Crippen LogP contribution in [0.1, 0.15) is 53.4 Å². The first-order chi connectivity index (χ1) is 8.82. The fourth-order valence-electron chi connectivity index (χ4n) is 2.83. The number of ether oxygens (including phenoxy) is 1. The highest BCUT2D eigenvalue weighted by atomic mass is 16.5. The van der Waals surface area contributed by atoms with Gasteiger partial charge in [0.05, 0.1) is 5.60 Å². The Morgan fingerprint density at radius 3 is 2.68 bits per heavy atom. The fraction of sp³-hybridized carbons (Fsp3) is 0.933. The average Bonchev–Trinajstić information content (AvgIpc) is 2.25. The Hall–Kier alpha value is -0.610. The molecule has 19 heavy (non-hydrogen) atoms. The van der Waals surface area contributed by atoms with Crippen molar-refractivity contribution in [3.63, 3.8) is 0 Å². The number of nitrogens with one attached hydrogen (secondary N) is 1. The van der Waals surface area contributed by atoms with Gasteiger partial charge in [0.2, 0.25) is 5.91 Å². The zero-order valence-corrected chi connectivity index (χ0v) is 12.9. The molecule has 1 saturated heterocycles. The quantitative estimate of drug-likeness (QED) is 0.776. The van der Waals surface area contributed by atoms with E-state index < -0.39 is 0 Å². The third kappa shape index (κ3) is 6.39. The van der Waals surface area contributed by atoms with Crippen molar-refractivity contribution >= 4 is 5.91 Å². The van der Waals surface area contributed by atoms with Crippen LogP contribution in [-0.4, -0.2) is 30.7 Å². The second-order valence-corrected chi connectivity index (χ2v) is 6.80. The molecule has 2 atom stereocenters. The third-order valence-corrected chi connectivity index (χ3v) is 3.67. The van der Waals surface area contributed by atoms with Crippen LogP contribution < -0.4 is 11.1 Å². The molecule has 0 aromatic carbocycles. The van der Waals surface area contributed by atoms with Gasteiger partial charge in [0, 0.05) is 19.1 Å². The molecule has 4 heteroatoms. The highest BCUT2D eigenvalue weighted by Crippen LogP contribution is 2.24. The van der Waals surface area contributed by atoms with E-state index in [1.807, 2.05) is 0 Å². The van der Waals surface area contributed by atoms with Crippen molar-refractivity contribution in [2.75, 3.05) is 13.2 Å². The minimum absolute atomic E-state index is 0.124. The molecule has 0 aromatic rings. The van der Waals surface area contributed by atoms with E-state index in [9.17, 15) is 4.79 Å². The monoisotopic (exact) mass is 270 g/mol. The second-order valence-electron chi connectivity index (χ2n) is 6.80. The largest absolute Gasteiger partial charge is 0.375 e. The van der Waals surface area contributed by atoms with Crippen LogP contribution in [0.4, 0.5) is 0 Å². The molecule has 0 aliphatic carbocycles. The topological polar surface area (TPSA) is 64.4 Å². The summed E-state index contributed by atoms with van der Waals surface area (Å²) in [5.74, 6) is 1.02. The smallest absolute Gasteiger partial charge is 0.220 e. The van der Waals surface area contributed by atoms with Gasteiger partial charge >= 0.3 is 0 Å². The first kappa shape index (κ1) is 16.4. The Kier molecular flexibility index (Phi) is 6.27. The van der Waals surface area contributed by atoms with Crippen molar-refractivity contribution in [3.05, 3.63) is 0 Å². The van der Waals surface area contributed by atoms with E-state index in [-0.39, 0.29) is 17.6 Å². The van der Waals surface area contributed by atoms with Crippen LogP contribution in [0.2, 0.25) is 0 Å². The lowest BCUT2D eigenvalue weighted by molar-refractivity contribution is -0.125. The summed E-state index contributed by atoms with van der Waals surface area (Å²) in [6, 6.07) is 0.244. The molecule has 3 N–H and O–H groups in total. The van der Waals surface area contributed by atoms with Gasteiger partial charge in [-0.3, -0.25) is 4.79 Å². The molecule has 0 bridgehead atoms. The molecule has 1 rings (SSSR count). The van der Waals surface area contributed by atoms with Crippen molar-refractivity contribution < 1.29 is 9.53 Å². The lowest BCUT2D eigenvalue weighted by Gasteiger charge is -2.36. The maximum Gasteiger partial charge on any atom is 0.220 e. The van der Waals surface area contributed by atoms with Gasteiger partial charge in [0.1, 0.15) is 0 Å². The highest BCUT2D eigenvalue weighted by Gasteiger charge is 2.29. The molecule has 4 nitrogen and oxygen atoms in total. The Morgan fingerprint density at radius 2 is 2.16 bits per heavy atom. The summed E-state index contributed by atoms with van der Waals surface area (Å²) in [4.78, 5) is 12.1. The Labute approximate surface area is 117 Å². The predicted molar refractivity (Wildman–Crippen MR) is 77.8 cm³/mol. The van der Waals surface area contributed by atoms with Crippen LogP contribution in [-0.2, 0) is 9.53 Å². The summed E-state index contributed by atoms with van der Waals surface area (Å²) >= 11 is 0. The van der Waals surface area contributed by atoms with E-state index in [1.54, 1.807) is 0 Å². The molecular weight excluding hydrogens is 240 g/mol. The third-order valence-electron chi connectivity index (χ3n) is 3.67. The van der Waals surface area contributed by atoms with Crippen molar-refractivity contribution in [2.45, 2.75) is 65.0 Å². The highest BCUT2D eigenvalue weighted by molar-refractivity contribution is 5.76. The maximum absolute atomic E-state index is 12.1. The number of carbonyl (C=O) groups is 1. The Morgan fingerprint density at radius 1 is 1.47 bits per heavy atom. The summed E-state index contributed by atoms with van der Waals surface area (Å²) in [6.45, 7) is 9.80. The standard InChI is InChI=1S/C15H30N2O2/c1-11(2)7-12(10-16)8-14(18)17-13-5-6-19-15(3,4)9-13/h11-13H,5-10,16H2,1-4H3,(H,17,18)/t12-,13?/m0/s1. The van der Waals surface area contributed by atoms with Gasteiger partial charge in [0.15, 0.2) is 0 Å². The van der Waals surface area contributed by atoms with Crippen LogP contribution in [0.25, 0.3) is 0 Å². The van der Waals surface area contributed by atoms with Crippen LogP contribution in [0.15, 0.2) is 0 Å². The van der Waals surface area contributed by atoms with E-state index in [1.165, 1.54) is 0 Å². The molecule has 1 unspecified atom stereocenters. The van der Waals surface area contributed by atoms with Crippen molar-refractivity contribution in [1.29, 1.82) is 0 Å². The first-order valence-corrected chi connectivity index (χ1v) is 7.46. The molecule has 0 saturated carbocycles. The van der Waals surface area contributed by atoms with Crippen LogP contribution in [0, 0.1) is 11.8 Å². The summed E-state index contributed by atoms with van der Waals surface area (Å²) < 4.78 is 5.66. The number of nitrogens with two attached hydrogens (primary N) is 1. The van der Waals surface area contributed by atoms with Gasteiger partial charge in [0.25, 0.3) is 0 Å². The number of carbonyl (C=O) groups excluding carboxylic acids is 1. The second kappa shape index (κ2) is 7.25. The summed E-state index contributed by atoms with van der Waals surface area (Å²) in [5, 5.41) is 3.14. The molecule has 1 fully saturated rings. The lowest BCUT2D eigenvalue weighted by atomic mass is 9.92. The molecule has 112 valence electrons. The minimum atomic E-state index is -0.124. The Balaban J connectivity index is 2.37. The van der Waals surface area contributed by atoms with E-state index >= 15 is 0 Å². The zero-order chi connectivity index (χ0) is 14.5. The Bertz CT molecular complexity index is 290. The summed E-state index contributed by atoms with van der Waals surface area (Å²) in [5.41, 5.74) is 5.62. The van der Waals surface area contributed by atoms with Crippen molar-refractivity contribution in [1.82, 2.24) is 5.32 Å². The van der Waals surface area contributed by atoms with Gasteiger partial charge < -0.3 is 15.8 Å². The molecule has 1 heterocycles. The van der Waals surface area contributed by atoms with Crippen LogP contribution >= 0.6 is 0 Å². The van der Waals surface area contributed by atoms with Crippen LogP contribution in [0.5, 0.6) is 0 Å². The van der Waals surface area contributed by atoms with E-state index in [4.69, 9.17) is 10.5 Å². The van der Waals surface area contributed by atoms with Crippen molar-refractivity contribution in [3.8, 4) is 0 Å². The predicted octanol–water partition coefficient (Wildman–Crippen LogP) is 2.07. The molecule has 0 spiro atoms. The van der Waals surface area contributed by atoms with Gasteiger partial charge in [-0.2, -0.15) is 0 Å². The number of rotatable bonds is 6. The fourth-order valence-corrected chi connectivity index (χ4v) is 2.83. The van der Waals surface area contributed by atoms with Crippen LogP contribution in [0.3, 0.4) is 0 Å². The summed E-state index contributed by atoms with van der Waals surface area (Å²) in [7, 11) is 0. The molecule has 0 radical (unpaired) electrons. The van der Waals surface area contributed by atoms with Gasteiger partial charge in [-0.05, 0) is 51.5 Å². The number of hydrogen-bond acceptors (Lipinski definition) is 3. The van der Waals surface area contributed by atoms with E-state index in [2.05, 4.69) is 33.0 Å². The summed E-state index contributed by atoms with van der Waals surface area (Å²) in [6.07, 6.45) is 3.36. The number of amides is 1.